The Bertz CT molecular complexity index is 1100. The summed E-state index contributed by atoms with van der Waals surface area (Å²) in [6.45, 7) is 5.91. The molecule has 1 N–H and O–H groups in total. The Morgan fingerprint density at radius 2 is 1.77 bits per heavy atom. The van der Waals surface area contributed by atoms with E-state index in [1.165, 1.54) is 16.7 Å². The zero-order chi connectivity index (χ0) is 22.3. The molecule has 168 valence electrons. The molecule has 2 aliphatic rings. The summed E-state index contributed by atoms with van der Waals surface area (Å²) in [7, 11) is -2.02. The van der Waals surface area contributed by atoms with Crippen molar-refractivity contribution in [2.45, 2.75) is 37.1 Å². The van der Waals surface area contributed by atoms with Gasteiger partial charge in [0.1, 0.15) is 16.5 Å². The van der Waals surface area contributed by atoms with E-state index in [1.54, 1.807) is 0 Å². The van der Waals surface area contributed by atoms with Gasteiger partial charge in [0.25, 0.3) is 0 Å². The molecule has 1 aliphatic heterocycles. The summed E-state index contributed by atoms with van der Waals surface area (Å²) in [5.74, 6) is -1.94. The van der Waals surface area contributed by atoms with Crippen molar-refractivity contribution >= 4 is 31.6 Å². The Balaban J connectivity index is 1.60. The number of rotatable bonds is 4. The predicted octanol–water partition coefficient (Wildman–Crippen LogP) is 3.62. The van der Waals surface area contributed by atoms with Gasteiger partial charge in [-0.25, -0.2) is 21.9 Å². The second-order valence-corrected chi connectivity index (χ2v) is 10.9. The van der Waals surface area contributed by atoms with Crippen molar-refractivity contribution < 1.29 is 17.2 Å². The van der Waals surface area contributed by atoms with Crippen molar-refractivity contribution in [3.05, 3.63) is 57.1 Å². The summed E-state index contributed by atoms with van der Waals surface area (Å²) in [6, 6.07) is 5.48. The summed E-state index contributed by atoms with van der Waals surface area (Å²) in [5, 5.41) is 0. The van der Waals surface area contributed by atoms with Crippen LogP contribution in [0.1, 0.15) is 23.1 Å². The fourth-order valence-electron chi connectivity index (χ4n) is 4.48. The Kier molecular flexibility index (Phi) is 6.40. The van der Waals surface area contributed by atoms with E-state index in [-0.39, 0.29) is 10.5 Å². The number of nitrogens with one attached hydrogen (secondary N) is 1. The minimum atomic E-state index is -4.13. The molecule has 0 radical (unpaired) electrons. The molecule has 4 rings (SSSR count). The third-order valence-electron chi connectivity index (χ3n) is 6.26. The van der Waals surface area contributed by atoms with Gasteiger partial charge in [-0.2, -0.15) is 0 Å². The molecule has 5 nitrogen and oxygen atoms in total. The van der Waals surface area contributed by atoms with Crippen LogP contribution in [-0.4, -0.2) is 52.6 Å². The Morgan fingerprint density at radius 1 is 1.06 bits per heavy atom. The number of fused-ring (bicyclic) bond motifs is 1. The average molecular weight is 514 g/mol. The quantitative estimate of drug-likeness (QED) is 0.634. The molecule has 2 aromatic rings. The van der Waals surface area contributed by atoms with Crippen molar-refractivity contribution in [1.82, 2.24) is 9.62 Å². The lowest BCUT2D eigenvalue weighted by atomic mass is 9.84. The predicted molar refractivity (Wildman–Crippen MR) is 121 cm³/mol. The van der Waals surface area contributed by atoms with Gasteiger partial charge in [0, 0.05) is 44.0 Å². The molecule has 1 saturated heterocycles. The van der Waals surface area contributed by atoms with Crippen LogP contribution >= 0.6 is 15.9 Å². The van der Waals surface area contributed by atoms with E-state index in [1.807, 2.05) is 0 Å². The zero-order valence-electron chi connectivity index (χ0n) is 17.6. The van der Waals surface area contributed by atoms with Crippen LogP contribution in [0.3, 0.4) is 0 Å². The van der Waals surface area contributed by atoms with Crippen LogP contribution in [-0.2, 0) is 22.9 Å². The van der Waals surface area contributed by atoms with Crippen LogP contribution in [0, 0.1) is 18.6 Å². The minimum Gasteiger partial charge on any atom is -0.369 e. The summed E-state index contributed by atoms with van der Waals surface area (Å²) in [4.78, 5) is 4.12. The standard InChI is InChI=1S/C22H26BrF2N3O2S/c1-14-3-6-21(28-9-7-27(2)8-10-28)17-11-15(4-5-16(14)17)26-31(29,30)22-12-18(23)19(24)13-20(22)25/h3,6,12-13,15,26H,4-5,7-11H2,1-2H3/t15-/m1/s1. The van der Waals surface area contributed by atoms with Crippen LogP contribution in [0.4, 0.5) is 14.5 Å². The highest BCUT2D eigenvalue weighted by molar-refractivity contribution is 9.10. The van der Waals surface area contributed by atoms with E-state index in [4.69, 9.17) is 0 Å². The fourth-order valence-corrected chi connectivity index (χ4v) is 6.33. The number of hydrogen-bond acceptors (Lipinski definition) is 4. The van der Waals surface area contributed by atoms with Gasteiger partial charge in [-0.3, -0.25) is 0 Å². The summed E-state index contributed by atoms with van der Waals surface area (Å²) < 4.78 is 56.1. The normalized spacial score (nSPS) is 20.0. The van der Waals surface area contributed by atoms with Gasteiger partial charge < -0.3 is 9.80 Å². The molecule has 9 heteroatoms. The summed E-state index contributed by atoms with van der Waals surface area (Å²) in [6.07, 6.45) is 1.93. The van der Waals surface area contributed by atoms with Gasteiger partial charge in [0.2, 0.25) is 10.0 Å². The largest absolute Gasteiger partial charge is 0.369 e. The lowest BCUT2D eigenvalue weighted by molar-refractivity contribution is 0.312. The van der Waals surface area contributed by atoms with Crippen molar-refractivity contribution in [2.24, 2.45) is 0 Å². The maximum atomic E-state index is 14.2. The molecule has 0 unspecified atom stereocenters. The number of sulfonamides is 1. The number of halogens is 3. The number of likely N-dealkylation sites (N-methyl/N-ethyl adjacent to an activating group) is 1. The molecule has 0 bridgehead atoms. The third-order valence-corrected chi connectivity index (χ3v) is 8.41. The number of piperazine rings is 1. The Morgan fingerprint density at radius 3 is 2.48 bits per heavy atom. The number of anilines is 1. The SMILES string of the molecule is Cc1ccc(N2CCN(C)CC2)c2c1CC[C@@H](NS(=O)(=O)c1cc(Br)c(F)cc1F)C2. The maximum Gasteiger partial charge on any atom is 0.243 e. The molecule has 1 aliphatic carbocycles. The second-order valence-electron chi connectivity index (χ2n) is 8.41. The van der Waals surface area contributed by atoms with E-state index in [0.717, 1.165) is 44.4 Å². The highest BCUT2D eigenvalue weighted by Gasteiger charge is 2.30. The van der Waals surface area contributed by atoms with Crippen LogP contribution < -0.4 is 9.62 Å². The monoisotopic (exact) mass is 513 g/mol. The molecule has 0 spiro atoms. The van der Waals surface area contributed by atoms with Crippen LogP contribution in [0.5, 0.6) is 0 Å². The molecular formula is C22H26BrF2N3O2S. The van der Waals surface area contributed by atoms with E-state index in [2.05, 4.69) is 56.6 Å². The minimum absolute atomic E-state index is 0.0868. The number of nitrogens with zero attached hydrogens (tertiary/aromatic N) is 2. The first-order chi connectivity index (χ1) is 14.7. The molecule has 1 atom stereocenters. The molecule has 1 heterocycles. The van der Waals surface area contributed by atoms with Crippen molar-refractivity contribution in [3.63, 3.8) is 0 Å². The van der Waals surface area contributed by atoms with Gasteiger partial charge in [0.05, 0.1) is 4.47 Å². The maximum absolute atomic E-state index is 14.2. The second kappa shape index (κ2) is 8.77. The first kappa shape index (κ1) is 22.6. The lowest BCUT2D eigenvalue weighted by Crippen LogP contribution is -2.45. The topological polar surface area (TPSA) is 52.6 Å². The summed E-state index contributed by atoms with van der Waals surface area (Å²) in [5.41, 5.74) is 4.82. The number of hydrogen-bond donors (Lipinski definition) is 1. The van der Waals surface area contributed by atoms with Crippen molar-refractivity contribution in [3.8, 4) is 0 Å². The van der Waals surface area contributed by atoms with E-state index in [0.29, 0.717) is 18.9 Å². The summed E-state index contributed by atoms with van der Waals surface area (Å²) >= 11 is 2.94. The van der Waals surface area contributed by atoms with Crippen LogP contribution in [0.2, 0.25) is 0 Å². The molecule has 1 fully saturated rings. The van der Waals surface area contributed by atoms with Gasteiger partial charge in [-0.05, 0) is 78.0 Å². The Hall–Kier alpha value is -1.55. The van der Waals surface area contributed by atoms with Crippen molar-refractivity contribution in [1.29, 1.82) is 0 Å². The average Bonchev–Trinajstić information content (AvgIpc) is 2.71. The number of aryl methyl sites for hydroxylation is 1. The fraction of sp³-hybridized carbons (Fsp3) is 0.455. The van der Waals surface area contributed by atoms with Gasteiger partial charge >= 0.3 is 0 Å². The van der Waals surface area contributed by atoms with E-state index in [9.17, 15) is 17.2 Å². The zero-order valence-corrected chi connectivity index (χ0v) is 20.0. The molecule has 0 saturated carbocycles. The highest BCUT2D eigenvalue weighted by Crippen LogP contribution is 2.34. The van der Waals surface area contributed by atoms with E-state index < -0.39 is 26.6 Å². The smallest absolute Gasteiger partial charge is 0.243 e. The van der Waals surface area contributed by atoms with Gasteiger partial charge in [-0.15, -0.1) is 0 Å². The Labute approximate surface area is 190 Å². The first-order valence-corrected chi connectivity index (χ1v) is 12.6. The van der Waals surface area contributed by atoms with Gasteiger partial charge in [0.15, 0.2) is 0 Å². The van der Waals surface area contributed by atoms with Crippen LogP contribution in [0.15, 0.2) is 33.6 Å². The first-order valence-electron chi connectivity index (χ1n) is 10.4. The van der Waals surface area contributed by atoms with Crippen molar-refractivity contribution in [2.75, 3.05) is 38.1 Å². The van der Waals surface area contributed by atoms with E-state index >= 15 is 0 Å². The lowest BCUT2D eigenvalue weighted by Gasteiger charge is -2.37. The molecule has 2 aromatic carbocycles. The van der Waals surface area contributed by atoms with Gasteiger partial charge in [-0.1, -0.05) is 6.07 Å². The molecular weight excluding hydrogens is 488 g/mol. The third kappa shape index (κ3) is 4.65. The number of benzene rings is 2. The highest BCUT2D eigenvalue weighted by atomic mass is 79.9. The molecule has 0 amide bonds. The molecule has 0 aromatic heterocycles. The van der Waals surface area contributed by atoms with Crippen LogP contribution in [0.25, 0.3) is 0 Å². The molecule has 31 heavy (non-hydrogen) atoms.